The highest BCUT2D eigenvalue weighted by atomic mass is 32.2. The molecule has 0 amide bonds. The minimum atomic E-state index is -2.86. The summed E-state index contributed by atoms with van der Waals surface area (Å²) >= 11 is 0. The van der Waals surface area contributed by atoms with Crippen LogP contribution in [0.1, 0.15) is 65.7 Å². The van der Waals surface area contributed by atoms with Crippen LogP contribution in [0.5, 0.6) is 0 Å². The third-order valence-corrected chi connectivity index (χ3v) is 6.53. The van der Waals surface area contributed by atoms with Crippen molar-refractivity contribution in [2.75, 3.05) is 11.5 Å². The standard InChI is InChI=1S/C15H32N2O2S/c1-4-20(18,19)11-7-8-14(17-16)15(12-13(2)3)9-5-6-10-15/h13-14,17H,4-12,16H2,1-3H3. The topological polar surface area (TPSA) is 72.2 Å². The summed E-state index contributed by atoms with van der Waals surface area (Å²) in [5, 5.41) is 0. The predicted octanol–water partition coefficient (Wildman–Crippen LogP) is 2.64. The molecule has 1 fully saturated rings. The van der Waals surface area contributed by atoms with Crippen LogP contribution >= 0.6 is 0 Å². The lowest BCUT2D eigenvalue weighted by molar-refractivity contribution is 0.147. The number of hydrogen-bond donors (Lipinski definition) is 2. The van der Waals surface area contributed by atoms with Crippen molar-refractivity contribution in [3.05, 3.63) is 0 Å². The van der Waals surface area contributed by atoms with Gasteiger partial charge in [0.15, 0.2) is 0 Å². The minimum Gasteiger partial charge on any atom is -0.271 e. The van der Waals surface area contributed by atoms with Crippen LogP contribution in [0.15, 0.2) is 0 Å². The molecule has 0 aromatic heterocycles. The first-order chi connectivity index (χ1) is 9.35. The zero-order valence-electron chi connectivity index (χ0n) is 13.3. The molecule has 1 rings (SSSR count). The monoisotopic (exact) mass is 304 g/mol. The first-order valence-electron chi connectivity index (χ1n) is 8.02. The minimum absolute atomic E-state index is 0.241. The van der Waals surface area contributed by atoms with E-state index >= 15 is 0 Å². The van der Waals surface area contributed by atoms with E-state index in [4.69, 9.17) is 5.84 Å². The lowest BCUT2D eigenvalue weighted by Gasteiger charge is -2.39. The largest absolute Gasteiger partial charge is 0.271 e. The smallest absolute Gasteiger partial charge is 0.150 e. The molecule has 0 radical (unpaired) electrons. The molecule has 0 heterocycles. The fourth-order valence-corrected chi connectivity index (χ4v) is 4.70. The van der Waals surface area contributed by atoms with Gasteiger partial charge < -0.3 is 0 Å². The summed E-state index contributed by atoms with van der Waals surface area (Å²) in [6, 6.07) is 0.249. The van der Waals surface area contributed by atoms with Gasteiger partial charge in [0.05, 0.1) is 5.75 Å². The highest BCUT2D eigenvalue weighted by molar-refractivity contribution is 7.91. The second kappa shape index (κ2) is 7.76. The number of hydrogen-bond acceptors (Lipinski definition) is 4. The van der Waals surface area contributed by atoms with Gasteiger partial charge in [0, 0.05) is 11.8 Å². The van der Waals surface area contributed by atoms with Crippen LogP contribution in [0, 0.1) is 11.3 Å². The molecule has 0 aromatic carbocycles. The van der Waals surface area contributed by atoms with Crippen LogP contribution in [-0.4, -0.2) is 26.0 Å². The maximum atomic E-state index is 11.6. The lowest BCUT2D eigenvalue weighted by Crippen LogP contribution is -2.48. The van der Waals surface area contributed by atoms with Crippen molar-refractivity contribution >= 4 is 9.84 Å². The zero-order chi connectivity index (χ0) is 15.2. The summed E-state index contributed by atoms with van der Waals surface area (Å²) in [5.41, 5.74) is 3.28. The Hall–Kier alpha value is -0.130. The fraction of sp³-hybridized carbons (Fsp3) is 1.00. The van der Waals surface area contributed by atoms with Gasteiger partial charge >= 0.3 is 0 Å². The Morgan fingerprint density at radius 3 is 2.30 bits per heavy atom. The summed E-state index contributed by atoms with van der Waals surface area (Å²) in [4.78, 5) is 0. The Bertz CT molecular complexity index is 373. The van der Waals surface area contributed by atoms with Crippen LogP contribution < -0.4 is 11.3 Å². The number of hydrazine groups is 1. The average molecular weight is 305 g/mol. The summed E-state index contributed by atoms with van der Waals surface area (Å²) in [6.45, 7) is 6.23. The molecule has 0 bridgehead atoms. The highest BCUT2D eigenvalue weighted by Gasteiger charge is 2.40. The second-order valence-corrected chi connectivity index (χ2v) is 9.24. The van der Waals surface area contributed by atoms with E-state index in [1.54, 1.807) is 6.92 Å². The van der Waals surface area contributed by atoms with E-state index in [0.717, 1.165) is 6.42 Å². The van der Waals surface area contributed by atoms with Gasteiger partial charge in [0.2, 0.25) is 0 Å². The summed E-state index contributed by atoms with van der Waals surface area (Å²) in [5.74, 6) is 6.98. The molecule has 1 unspecified atom stereocenters. The van der Waals surface area contributed by atoms with E-state index in [-0.39, 0.29) is 17.2 Å². The van der Waals surface area contributed by atoms with Crippen LogP contribution in [0.3, 0.4) is 0 Å². The van der Waals surface area contributed by atoms with Crippen molar-refractivity contribution in [1.29, 1.82) is 0 Å². The maximum absolute atomic E-state index is 11.6. The molecule has 1 atom stereocenters. The van der Waals surface area contributed by atoms with Crippen LogP contribution in [0.4, 0.5) is 0 Å². The molecule has 0 spiro atoms. The van der Waals surface area contributed by atoms with Crippen LogP contribution in [-0.2, 0) is 9.84 Å². The first kappa shape index (κ1) is 17.9. The van der Waals surface area contributed by atoms with E-state index in [1.807, 2.05) is 0 Å². The SMILES string of the molecule is CCS(=O)(=O)CCCC(NN)C1(CC(C)C)CCCC1. The second-order valence-electron chi connectivity index (χ2n) is 6.77. The molecule has 1 aliphatic carbocycles. The van der Waals surface area contributed by atoms with Crippen LogP contribution in [0.2, 0.25) is 0 Å². The van der Waals surface area contributed by atoms with E-state index in [0.29, 0.717) is 18.1 Å². The maximum Gasteiger partial charge on any atom is 0.150 e. The molecule has 0 aromatic rings. The lowest BCUT2D eigenvalue weighted by atomic mass is 9.71. The Balaban J connectivity index is 2.62. The molecule has 1 saturated carbocycles. The molecule has 120 valence electrons. The van der Waals surface area contributed by atoms with Crippen molar-refractivity contribution in [2.24, 2.45) is 17.2 Å². The van der Waals surface area contributed by atoms with E-state index < -0.39 is 9.84 Å². The van der Waals surface area contributed by atoms with Gasteiger partial charge in [0.1, 0.15) is 9.84 Å². The van der Waals surface area contributed by atoms with Gasteiger partial charge in [-0.2, -0.15) is 0 Å². The Kier molecular flexibility index (Phi) is 6.95. The quantitative estimate of drug-likeness (QED) is 0.507. The van der Waals surface area contributed by atoms with Crippen molar-refractivity contribution in [2.45, 2.75) is 71.8 Å². The summed E-state index contributed by atoms with van der Waals surface area (Å²) in [6.07, 6.45) is 7.76. The van der Waals surface area contributed by atoms with Gasteiger partial charge in [-0.1, -0.05) is 33.6 Å². The summed E-state index contributed by atoms with van der Waals surface area (Å²) in [7, 11) is -2.86. The van der Waals surface area contributed by atoms with E-state index in [9.17, 15) is 8.42 Å². The Morgan fingerprint density at radius 1 is 1.25 bits per heavy atom. The molecule has 0 saturated heterocycles. The molecular formula is C15H32N2O2S. The van der Waals surface area contributed by atoms with Crippen LogP contribution in [0.25, 0.3) is 0 Å². The Morgan fingerprint density at radius 2 is 1.85 bits per heavy atom. The number of nitrogens with one attached hydrogen (secondary N) is 1. The fourth-order valence-electron chi connectivity index (χ4n) is 3.81. The van der Waals surface area contributed by atoms with Crippen molar-refractivity contribution in [3.63, 3.8) is 0 Å². The highest BCUT2D eigenvalue weighted by Crippen LogP contribution is 2.46. The van der Waals surface area contributed by atoms with E-state index in [2.05, 4.69) is 19.3 Å². The number of rotatable bonds is 9. The third-order valence-electron chi connectivity index (χ3n) is 4.74. The first-order valence-corrected chi connectivity index (χ1v) is 9.84. The zero-order valence-corrected chi connectivity index (χ0v) is 14.1. The van der Waals surface area contributed by atoms with Gasteiger partial charge in [-0.25, -0.2) is 8.42 Å². The van der Waals surface area contributed by atoms with Gasteiger partial charge in [0.25, 0.3) is 0 Å². The van der Waals surface area contributed by atoms with Gasteiger partial charge in [-0.15, -0.1) is 0 Å². The van der Waals surface area contributed by atoms with Gasteiger partial charge in [-0.3, -0.25) is 11.3 Å². The third kappa shape index (κ3) is 5.01. The molecule has 4 nitrogen and oxygen atoms in total. The Labute approximate surface area is 124 Å². The predicted molar refractivity (Wildman–Crippen MR) is 85.0 cm³/mol. The molecule has 3 N–H and O–H groups in total. The average Bonchev–Trinajstić information content (AvgIpc) is 2.83. The normalized spacial score (nSPS) is 20.4. The van der Waals surface area contributed by atoms with Crippen molar-refractivity contribution in [1.82, 2.24) is 5.43 Å². The molecule has 1 aliphatic rings. The van der Waals surface area contributed by atoms with Crippen molar-refractivity contribution in [3.8, 4) is 0 Å². The number of sulfone groups is 1. The molecular weight excluding hydrogens is 272 g/mol. The van der Waals surface area contributed by atoms with E-state index in [1.165, 1.54) is 32.1 Å². The molecule has 0 aliphatic heterocycles. The molecule has 5 heteroatoms. The molecule has 20 heavy (non-hydrogen) atoms. The number of nitrogens with two attached hydrogens (primary N) is 1. The van der Waals surface area contributed by atoms with Gasteiger partial charge in [-0.05, 0) is 43.4 Å². The van der Waals surface area contributed by atoms with Crippen molar-refractivity contribution < 1.29 is 8.42 Å². The summed E-state index contributed by atoms with van der Waals surface area (Å²) < 4.78 is 23.2.